The third kappa shape index (κ3) is 5.27. The Morgan fingerprint density at radius 1 is 1.04 bits per heavy atom. The molecule has 0 bridgehead atoms. The summed E-state index contributed by atoms with van der Waals surface area (Å²) in [5.74, 6) is 0. The highest BCUT2D eigenvalue weighted by Crippen LogP contribution is 2.17. The molecule has 0 fully saturated rings. The summed E-state index contributed by atoms with van der Waals surface area (Å²) in [5, 5.41) is 13.8. The first-order valence-corrected chi connectivity index (χ1v) is 9.44. The summed E-state index contributed by atoms with van der Waals surface area (Å²) in [6.07, 6.45) is 1.87. The summed E-state index contributed by atoms with van der Waals surface area (Å²) in [7, 11) is -0.952. The Morgan fingerprint density at radius 2 is 1.65 bits per heavy atom. The Bertz CT molecular complexity index is 628. The van der Waals surface area contributed by atoms with E-state index in [9.17, 15) is 9.32 Å². The molecule has 0 saturated carbocycles. The molecule has 124 valence electrons. The van der Waals surface area contributed by atoms with Crippen molar-refractivity contribution in [2.24, 2.45) is 0 Å². The summed E-state index contributed by atoms with van der Waals surface area (Å²) in [6.45, 7) is 4.07. The Kier molecular flexibility index (Phi) is 6.51. The van der Waals surface area contributed by atoms with Crippen LogP contribution in [0, 0.1) is 0 Å². The van der Waals surface area contributed by atoms with Gasteiger partial charge in [-0.2, -0.15) is 0 Å². The maximum Gasteiger partial charge on any atom is 0.0730 e. The van der Waals surface area contributed by atoms with Crippen LogP contribution in [0.25, 0.3) is 0 Å². The van der Waals surface area contributed by atoms with Gasteiger partial charge in [0.05, 0.1) is 6.10 Å². The molecule has 23 heavy (non-hydrogen) atoms. The third-order valence-corrected chi connectivity index (χ3v) is 5.03. The molecule has 2 N–H and O–H groups in total. The van der Waals surface area contributed by atoms with Crippen molar-refractivity contribution in [3.8, 4) is 0 Å². The molecule has 0 amide bonds. The number of hydrogen-bond acceptors (Lipinski definition) is 3. The van der Waals surface area contributed by atoms with E-state index < -0.39 is 16.9 Å². The first-order valence-electron chi connectivity index (χ1n) is 7.89. The van der Waals surface area contributed by atoms with E-state index in [-0.39, 0.29) is 12.1 Å². The third-order valence-electron chi connectivity index (χ3n) is 4.09. The van der Waals surface area contributed by atoms with Crippen molar-refractivity contribution < 1.29 is 9.32 Å². The minimum absolute atomic E-state index is 0.0230. The standard InChI is InChI=1S/C19H25NO2S/c1-14(17-9-11-18(12-10-17)23(3)22)20-15(2)19(21)13-16-7-5-4-6-8-16/h4-12,14-15,19-21H,13H2,1-3H3. The zero-order valence-corrected chi connectivity index (χ0v) is 14.7. The van der Waals surface area contributed by atoms with Crippen LogP contribution < -0.4 is 5.32 Å². The van der Waals surface area contributed by atoms with Crippen molar-refractivity contribution in [1.82, 2.24) is 5.32 Å². The number of aliphatic hydroxyl groups is 1. The molecule has 0 saturated heterocycles. The van der Waals surface area contributed by atoms with E-state index in [1.807, 2.05) is 61.5 Å². The summed E-state index contributed by atoms with van der Waals surface area (Å²) in [6, 6.07) is 17.9. The summed E-state index contributed by atoms with van der Waals surface area (Å²) in [5.41, 5.74) is 2.26. The van der Waals surface area contributed by atoms with Crippen LogP contribution in [0.2, 0.25) is 0 Å². The first-order chi connectivity index (χ1) is 11.0. The summed E-state index contributed by atoms with van der Waals surface area (Å²) >= 11 is 0. The van der Waals surface area contributed by atoms with Gasteiger partial charge >= 0.3 is 0 Å². The number of rotatable bonds is 7. The van der Waals surface area contributed by atoms with Gasteiger partial charge in [-0.3, -0.25) is 4.21 Å². The van der Waals surface area contributed by atoms with E-state index in [2.05, 4.69) is 12.2 Å². The quantitative estimate of drug-likeness (QED) is 0.820. The number of aliphatic hydroxyl groups excluding tert-OH is 1. The molecule has 4 heteroatoms. The zero-order valence-electron chi connectivity index (χ0n) is 13.9. The second kappa shape index (κ2) is 8.39. The smallest absolute Gasteiger partial charge is 0.0730 e. The van der Waals surface area contributed by atoms with Crippen LogP contribution in [-0.4, -0.2) is 27.7 Å². The maximum atomic E-state index is 11.4. The van der Waals surface area contributed by atoms with Crippen molar-refractivity contribution in [2.45, 2.75) is 43.4 Å². The molecule has 4 unspecified atom stereocenters. The second-order valence-electron chi connectivity index (χ2n) is 5.96. The Morgan fingerprint density at radius 3 is 2.22 bits per heavy atom. The Balaban J connectivity index is 1.93. The van der Waals surface area contributed by atoms with Gasteiger partial charge in [-0.25, -0.2) is 0 Å². The van der Waals surface area contributed by atoms with Gasteiger partial charge in [0.1, 0.15) is 0 Å². The number of benzene rings is 2. The van der Waals surface area contributed by atoms with Crippen molar-refractivity contribution >= 4 is 10.8 Å². The topological polar surface area (TPSA) is 49.3 Å². The van der Waals surface area contributed by atoms with Crippen LogP contribution in [0.3, 0.4) is 0 Å². The largest absolute Gasteiger partial charge is 0.391 e. The Hall–Kier alpha value is -1.49. The lowest BCUT2D eigenvalue weighted by Crippen LogP contribution is -2.39. The van der Waals surface area contributed by atoms with E-state index in [0.717, 1.165) is 16.0 Å². The van der Waals surface area contributed by atoms with Gasteiger partial charge in [0, 0.05) is 34.0 Å². The predicted molar refractivity (Wildman–Crippen MR) is 95.9 cm³/mol. The highest BCUT2D eigenvalue weighted by atomic mass is 32.2. The Labute approximate surface area is 141 Å². The fraction of sp³-hybridized carbons (Fsp3) is 0.368. The average molecular weight is 331 g/mol. The monoisotopic (exact) mass is 331 g/mol. The molecule has 2 aromatic rings. The maximum absolute atomic E-state index is 11.4. The van der Waals surface area contributed by atoms with Crippen LogP contribution in [-0.2, 0) is 17.2 Å². The van der Waals surface area contributed by atoms with E-state index in [4.69, 9.17) is 0 Å². The van der Waals surface area contributed by atoms with Crippen molar-refractivity contribution in [1.29, 1.82) is 0 Å². The van der Waals surface area contributed by atoms with E-state index in [0.29, 0.717) is 6.42 Å². The molecule has 2 rings (SSSR count). The van der Waals surface area contributed by atoms with Gasteiger partial charge in [0.15, 0.2) is 0 Å². The van der Waals surface area contributed by atoms with Crippen molar-refractivity contribution in [3.63, 3.8) is 0 Å². The molecule has 0 aliphatic heterocycles. The lowest BCUT2D eigenvalue weighted by atomic mass is 10.0. The van der Waals surface area contributed by atoms with E-state index >= 15 is 0 Å². The zero-order chi connectivity index (χ0) is 16.8. The molecule has 2 aromatic carbocycles. The van der Waals surface area contributed by atoms with E-state index in [1.165, 1.54) is 0 Å². The second-order valence-corrected chi connectivity index (χ2v) is 7.34. The fourth-order valence-electron chi connectivity index (χ4n) is 2.58. The highest BCUT2D eigenvalue weighted by Gasteiger charge is 2.17. The molecule has 0 aromatic heterocycles. The van der Waals surface area contributed by atoms with Crippen molar-refractivity contribution in [2.75, 3.05) is 6.26 Å². The van der Waals surface area contributed by atoms with Crippen LogP contribution in [0.5, 0.6) is 0 Å². The molecule has 0 aliphatic rings. The van der Waals surface area contributed by atoms with Crippen molar-refractivity contribution in [3.05, 3.63) is 65.7 Å². The van der Waals surface area contributed by atoms with Gasteiger partial charge in [0.2, 0.25) is 0 Å². The van der Waals surface area contributed by atoms with Gasteiger partial charge in [-0.1, -0.05) is 42.5 Å². The molecule has 0 spiro atoms. The minimum atomic E-state index is -0.952. The fourth-order valence-corrected chi connectivity index (χ4v) is 3.10. The van der Waals surface area contributed by atoms with Gasteiger partial charge in [-0.05, 0) is 43.5 Å². The van der Waals surface area contributed by atoms with Crippen LogP contribution in [0.1, 0.15) is 31.0 Å². The highest BCUT2D eigenvalue weighted by molar-refractivity contribution is 7.84. The minimum Gasteiger partial charge on any atom is -0.391 e. The molecule has 0 aliphatic carbocycles. The average Bonchev–Trinajstić information content (AvgIpc) is 2.55. The van der Waals surface area contributed by atoms with Gasteiger partial charge < -0.3 is 10.4 Å². The van der Waals surface area contributed by atoms with Gasteiger partial charge in [0.25, 0.3) is 0 Å². The predicted octanol–water partition coefficient (Wildman–Crippen LogP) is 3.07. The first kappa shape index (κ1) is 17.9. The molecule has 0 radical (unpaired) electrons. The van der Waals surface area contributed by atoms with E-state index in [1.54, 1.807) is 6.26 Å². The molecular weight excluding hydrogens is 306 g/mol. The summed E-state index contributed by atoms with van der Waals surface area (Å²) < 4.78 is 11.4. The molecular formula is C19H25NO2S. The molecule has 3 nitrogen and oxygen atoms in total. The lowest BCUT2D eigenvalue weighted by Gasteiger charge is -2.25. The SMILES string of the molecule is CC(NC(C)C(O)Cc1ccccc1)c1ccc(S(C)=O)cc1. The molecule has 4 atom stereocenters. The van der Waals surface area contributed by atoms with Gasteiger partial charge in [-0.15, -0.1) is 0 Å². The van der Waals surface area contributed by atoms with Crippen LogP contribution in [0.15, 0.2) is 59.5 Å². The normalized spacial score (nSPS) is 16.5. The van der Waals surface area contributed by atoms with Crippen LogP contribution >= 0.6 is 0 Å². The summed E-state index contributed by atoms with van der Waals surface area (Å²) in [4.78, 5) is 0.832. The molecule has 0 heterocycles. The number of hydrogen-bond donors (Lipinski definition) is 2. The lowest BCUT2D eigenvalue weighted by molar-refractivity contribution is 0.129. The van der Waals surface area contributed by atoms with Crippen LogP contribution in [0.4, 0.5) is 0 Å². The number of nitrogens with one attached hydrogen (secondary N) is 1.